The molecule has 2 aromatic carbocycles. The molecule has 1 atom stereocenters. The minimum Gasteiger partial charge on any atom is -0.454 e. The largest absolute Gasteiger partial charge is 0.454 e. The number of hydrogen-bond donors (Lipinski definition) is 2. The second-order valence-corrected chi connectivity index (χ2v) is 7.17. The van der Waals surface area contributed by atoms with Gasteiger partial charge < -0.3 is 15.4 Å². The summed E-state index contributed by atoms with van der Waals surface area (Å²) in [6, 6.07) is 12.1. The van der Waals surface area contributed by atoms with Crippen LogP contribution in [-0.4, -0.2) is 30.9 Å². The Morgan fingerprint density at radius 2 is 1.72 bits per heavy atom. The van der Waals surface area contributed by atoms with E-state index < -0.39 is 24.4 Å². The summed E-state index contributed by atoms with van der Waals surface area (Å²) < 4.78 is 4.89. The minimum atomic E-state index is -0.728. The highest BCUT2D eigenvalue weighted by molar-refractivity contribution is 6.42. The zero-order valence-electron chi connectivity index (χ0n) is 16.1. The number of esters is 1. The molecule has 0 saturated heterocycles. The topological polar surface area (TPSA) is 84.5 Å². The van der Waals surface area contributed by atoms with Crippen molar-refractivity contribution in [2.75, 3.05) is 13.2 Å². The fraction of sp³-hybridized carbons (Fsp3) is 0.286. The van der Waals surface area contributed by atoms with Crippen LogP contribution in [0, 0.1) is 0 Å². The lowest BCUT2D eigenvalue weighted by molar-refractivity contribution is -0.147. The van der Waals surface area contributed by atoms with E-state index in [4.69, 9.17) is 27.9 Å². The Morgan fingerprint density at radius 1 is 1.03 bits per heavy atom. The van der Waals surface area contributed by atoms with E-state index in [-0.39, 0.29) is 23.2 Å². The van der Waals surface area contributed by atoms with E-state index in [1.54, 1.807) is 0 Å². The number of halogens is 2. The van der Waals surface area contributed by atoms with E-state index in [2.05, 4.69) is 17.6 Å². The molecule has 0 aromatic heterocycles. The first-order valence-corrected chi connectivity index (χ1v) is 9.82. The summed E-state index contributed by atoms with van der Waals surface area (Å²) in [5, 5.41) is 5.72. The first-order chi connectivity index (χ1) is 13.8. The zero-order valence-corrected chi connectivity index (χ0v) is 17.6. The van der Waals surface area contributed by atoms with Crippen molar-refractivity contribution in [2.45, 2.75) is 26.3 Å². The van der Waals surface area contributed by atoms with Crippen molar-refractivity contribution in [3.05, 3.63) is 69.2 Å². The minimum absolute atomic E-state index is 0.221. The molecule has 1 unspecified atom stereocenters. The van der Waals surface area contributed by atoms with Crippen LogP contribution in [-0.2, 0) is 20.7 Å². The van der Waals surface area contributed by atoms with E-state index in [9.17, 15) is 14.4 Å². The molecule has 6 nitrogen and oxygen atoms in total. The first kappa shape index (κ1) is 22.7. The summed E-state index contributed by atoms with van der Waals surface area (Å²) in [5.41, 5.74) is 2.42. The average Bonchev–Trinajstić information content (AvgIpc) is 2.72. The lowest BCUT2D eigenvalue weighted by Crippen LogP contribution is -2.34. The molecule has 2 aromatic rings. The fourth-order valence-electron chi connectivity index (χ4n) is 2.50. The zero-order chi connectivity index (χ0) is 21.4. The quantitative estimate of drug-likeness (QED) is 0.617. The van der Waals surface area contributed by atoms with Gasteiger partial charge in [0.15, 0.2) is 6.61 Å². The lowest BCUT2D eigenvalue weighted by Gasteiger charge is -2.15. The number of benzene rings is 2. The van der Waals surface area contributed by atoms with Crippen LogP contribution in [0.4, 0.5) is 0 Å². The van der Waals surface area contributed by atoms with E-state index in [0.717, 1.165) is 12.0 Å². The predicted molar refractivity (Wildman–Crippen MR) is 112 cm³/mol. The van der Waals surface area contributed by atoms with Crippen molar-refractivity contribution in [2.24, 2.45) is 0 Å². The van der Waals surface area contributed by atoms with Gasteiger partial charge in [0.1, 0.15) is 6.54 Å². The van der Waals surface area contributed by atoms with E-state index in [0.29, 0.717) is 5.02 Å². The van der Waals surface area contributed by atoms with Crippen molar-refractivity contribution in [3.63, 3.8) is 0 Å². The Morgan fingerprint density at radius 3 is 2.34 bits per heavy atom. The van der Waals surface area contributed by atoms with Gasteiger partial charge in [0.25, 0.3) is 11.8 Å². The molecule has 0 aliphatic rings. The Labute approximate surface area is 179 Å². The normalized spacial score (nSPS) is 11.4. The van der Waals surface area contributed by atoms with Crippen LogP contribution in [0.2, 0.25) is 10.0 Å². The van der Waals surface area contributed by atoms with Crippen molar-refractivity contribution in [1.29, 1.82) is 0 Å². The number of nitrogens with one attached hydrogen (secondary N) is 2. The second-order valence-electron chi connectivity index (χ2n) is 6.36. The van der Waals surface area contributed by atoms with Gasteiger partial charge in [-0.1, -0.05) is 54.4 Å². The highest BCUT2D eigenvalue weighted by Crippen LogP contribution is 2.22. The van der Waals surface area contributed by atoms with Gasteiger partial charge in [-0.25, -0.2) is 0 Å². The van der Waals surface area contributed by atoms with Crippen LogP contribution in [0.25, 0.3) is 0 Å². The Hall–Kier alpha value is -2.57. The third-order valence-corrected chi connectivity index (χ3v) is 4.94. The van der Waals surface area contributed by atoms with Crippen molar-refractivity contribution >= 4 is 41.0 Å². The lowest BCUT2D eigenvalue weighted by atomic mass is 10.1. The number of ether oxygens (including phenoxy) is 1. The second kappa shape index (κ2) is 10.8. The number of hydrogen-bond acceptors (Lipinski definition) is 4. The van der Waals surface area contributed by atoms with E-state index in [1.807, 2.05) is 31.2 Å². The van der Waals surface area contributed by atoms with Gasteiger partial charge in [0.2, 0.25) is 0 Å². The molecule has 0 heterocycles. The van der Waals surface area contributed by atoms with Crippen LogP contribution < -0.4 is 10.6 Å². The van der Waals surface area contributed by atoms with Crippen LogP contribution >= 0.6 is 23.2 Å². The predicted octanol–water partition coefficient (Wildman–Crippen LogP) is 3.71. The van der Waals surface area contributed by atoms with Gasteiger partial charge in [0, 0.05) is 5.56 Å². The summed E-state index contributed by atoms with van der Waals surface area (Å²) in [6.07, 6.45) is 0.943. The molecular formula is C21H22Cl2N2O4. The van der Waals surface area contributed by atoms with E-state index in [1.165, 1.54) is 23.8 Å². The van der Waals surface area contributed by atoms with Crippen LogP contribution in [0.15, 0.2) is 42.5 Å². The van der Waals surface area contributed by atoms with Crippen molar-refractivity contribution < 1.29 is 19.1 Å². The van der Waals surface area contributed by atoms with Gasteiger partial charge in [0.05, 0.1) is 16.1 Å². The van der Waals surface area contributed by atoms with Gasteiger partial charge in [-0.05, 0) is 42.7 Å². The molecule has 2 N–H and O–H groups in total. The number of amides is 2. The Bertz CT molecular complexity index is 885. The van der Waals surface area contributed by atoms with Crippen LogP contribution in [0.1, 0.15) is 41.4 Å². The molecule has 8 heteroatoms. The number of rotatable bonds is 8. The third kappa shape index (κ3) is 7.07. The molecule has 29 heavy (non-hydrogen) atoms. The Kier molecular flexibility index (Phi) is 8.49. The molecule has 2 amide bonds. The van der Waals surface area contributed by atoms with Crippen molar-refractivity contribution in [3.8, 4) is 0 Å². The maximum Gasteiger partial charge on any atom is 0.325 e. The molecule has 0 aliphatic carbocycles. The number of aryl methyl sites for hydroxylation is 1. The number of carbonyl (C=O) groups is 3. The van der Waals surface area contributed by atoms with Gasteiger partial charge in [-0.3, -0.25) is 14.4 Å². The summed E-state index contributed by atoms with van der Waals surface area (Å²) >= 11 is 11.7. The first-order valence-electron chi connectivity index (χ1n) is 9.07. The molecule has 0 radical (unpaired) electrons. The molecule has 0 fully saturated rings. The standard InChI is InChI=1S/C21H22Cl2N2O4/c1-3-14-4-6-15(7-5-14)13(2)25-19(26)12-29-20(27)11-24-21(28)16-8-9-17(22)18(23)10-16/h4-10,13H,3,11-12H2,1-2H3,(H,24,28)(H,25,26). The monoisotopic (exact) mass is 436 g/mol. The summed E-state index contributed by atoms with van der Waals surface area (Å²) in [5.74, 6) is -1.66. The maximum atomic E-state index is 12.0. The molecule has 0 saturated carbocycles. The van der Waals surface area contributed by atoms with Gasteiger partial charge >= 0.3 is 5.97 Å². The molecule has 0 bridgehead atoms. The highest BCUT2D eigenvalue weighted by Gasteiger charge is 2.14. The smallest absolute Gasteiger partial charge is 0.325 e. The van der Waals surface area contributed by atoms with Gasteiger partial charge in [-0.2, -0.15) is 0 Å². The van der Waals surface area contributed by atoms with Gasteiger partial charge in [-0.15, -0.1) is 0 Å². The van der Waals surface area contributed by atoms with E-state index >= 15 is 0 Å². The number of carbonyl (C=O) groups excluding carboxylic acids is 3. The SMILES string of the molecule is CCc1ccc(C(C)NC(=O)COC(=O)CNC(=O)c2ccc(Cl)c(Cl)c2)cc1. The summed E-state index contributed by atoms with van der Waals surface area (Å²) in [7, 11) is 0. The van der Waals surface area contributed by atoms with Crippen LogP contribution in [0.3, 0.4) is 0 Å². The summed E-state index contributed by atoms with van der Waals surface area (Å²) in [4.78, 5) is 35.7. The van der Waals surface area contributed by atoms with Crippen LogP contribution in [0.5, 0.6) is 0 Å². The third-order valence-electron chi connectivity index (χ3n) is 4.20. The molecule has 2 rings (SSSR count). The maximum absolute atomic E-state index is 12.0. The fourth-order valence-corrected chi connectivity index (χ4v) is 2.80. The molecule has 154 valence electrons. The summed E-state index contributed by atoms with van der Waals surface area (Å²) in [6.45, 7) is 3.11. The molecule has 0 spiro atoms. The highest BCUT2D eigenvalue weighted by atomic mass is 35.5. The van der Waals surface area contributed by atoms with Crippen molar-refractivity contribution in [1.82, 2.24) is 10.6 Å². The molecular weight excluding hydrogens is 415 g/mol. The Balaban J connectivity index is 1.74. The average molecular weight is 437 g/mol. The molecule has 0 aliphatic heterocycles.